The number of hydrogen-bond donors (Lipinski definition) is 0. The Morgan fingerprint density at radius 3 is 2.00 bits per heavy atom. The van der Waals surface area contributed by atoms with E-state index < -0.39 is 0 Å². The van der Waals surface area contributed by atoms with Crippen LogP contribution >= 0.6 is 0 Å². The van der Waals surface area contributed by atoms with Crippen molar-refractivity contribution in [3.8, 4) is 0 Å². The molecule has 0 N–H and O–H groups in total. The molecule has 0 radical (unpaired) electrons. The van der Waals surface area contributed by atoms with Crippen LogP contribution in [0.25, 0.3) is 0 Å². The zero-order valence-corrected chi connectivity index (χ0v) is 8.78. The summed E-state index contributed by atoms with van der Waals surface area (Å²) in [5.41, 5.74) is 0. The maximum Gasteiger partial charge on any atom is 2.00 e. The average molecular weight is 194 g/mol. The third kappa shape index (κ3) is 40.4. The molecule has 0 aliphatic carbocycles. The van der Waals surface area contributed by atoms with Gasteiger partial charge in [-0.05, 0) is 0 Å². The minimum atomic E-state index is 0. The molecule has 0 aromatic carbocycles. The SMILES string of the molecule is [CH2-]C=COC.[CH2-]CCCC.[Cr+2]. The van der Waals surface area contributed by atoms with E-state index in [2.05, 4.69) is 25.5 Å². The van der Waals surface area contributed by atoms with E-state index >= 15 is 0 Å². The van der Waals surface area contributed by atoms with Gasteiger partial charge in [0.1, 0.15) is 0 Å². The van der Waals surface area contributed by atoms with Crippen molar-refractivity contribution in [2.24, 2.45) is 0 Å². The first-order valence-electron chi connectivity index (χ1n) is 3.59. The summed E-state index contributed by atoms with van der Waals surface area (Å²) in [6.07, 6.45) is 6.75. The zero-order valence-electron chi connectivity index (χ0n) is 7.51. The molecule has 0 spiro atoms. The van der Waals surface area contributed by atoms with Crippen LogP contribution in [0.5, 0.6) is 0 Å². The van der Waals surface area contributed by atoms with Gasteiger partial charge in [0.2, 0.25) is 0 Å². The summed E-state index contributed by atoms with van der Waals surface area (Å²) in [7, 11) is 1.58. The molecule has 1 nitrogen and oxygen atoms in total. The molecule has 0 atom stereocenters. The molecule has 0 rings (SSSR count). The van der Waals surface area contributed by atoms with Crippen molar-refractivity contribution in [3.63, 3.8) is 0 Å². The van der Waals surface area contributed by atoms with Crippen LogP contribution in [0.1, 0.15) is 26.2 Å². The van der Waals surface area contributed by atoms with Gasteiger partial charge in [-0.1, -0.05) is 26.0 Å². The molecular weight excluding hydrogens is 176 g/mol. The summed E-state index contributed by atoms with van der Waals surface area (Å²) in [6.45, 7) is 9.22. The van der Waals surface area contributed by atoms with Crippen molar-refractivity contribution in [1.82, 2.24) is 0 Å². The maximum atomic E-state index is 4.45. The Balaban J connectivity index is -0.000000107. The quantitative estimate of drug-likeness (QED) is 0.495. The monoisotopic (exact) mass is 194 g/mol. The molecule has 0 saturated carbocycles. The number of hydrogen-bond acceptors (Lipinski definition) is 1. The van der Waals surface area contributed by atoms with Gasteiger partial charge in [-0.2, -0.15) is 12.5 Å². The van der Waals surface area contributed by atoms with Gasteiger partial charge in [-0.15, -0.1) is 0 Å². The van der Waals surface area contributed by atoms with Crippen molar-refractivity contribution in [2.45, 2.75) is 26.2 Å². The van der Waals surface area contributed by atoms with E-state index in [9.17, 15) is 0 Å². The molecule has 0 aromatic heterocycles. The summed E-state index contributed by atoms with van der Waals surface area (Å²) in [6, 6.07) is 0. The Kier molecular flexibility index (Phi) is 35.1. The standard InChI is InChI=1S/C5H11.C4H7O.Cr/c1-3-5-4-2;1-3-4-5-2;/h1,3-5H2,2H3;3-4H,1H2,2H3;/q2*-1;+2. The molecule has 0 aliphatic rings. The van der Waals surface area contributed by atoms with Crippen molar-refractivity contribution in [2.75, 3.05) is 7.11 Å². The summed E-state index contributed by atoms with van der Waals surface area (Å²) in [5.74, 6) is 0. The largest absolute Gasteiger partial charge is 2.00 e. The summed E-state index contributed by atoms with van der Waals surface area (Å²) >= 11 is 0. The molecule has 0 saturated heterocycles. The Morgan fingerprint density at radius 1 is 1.45 bits per heavy atom. The van der Waals surface area contributed by atoms with Crippen LogP contribution in [0.4, 0.5) is 0 Å². The van der Waals surface area contributed by atoms with Crippen LogP contribution in [0.15, 0.2) is 12.3 Å². The summed E-state index contributed by atoms with van der Waals surface area (Å²) in [4.78, 5) is 0. The fourth-order valence-electron chi connectivity index (χ4n) is 0.346. The van der Waals surface area contributed by atoms with E-state index in [-0.39, 0.29) is 17.4 Å². The van der Waals surface area contributed by atoms with Crippen LogP contribution < -0.4 is 0 Å². The van der Waals surface area contributed by atoms with E-state index in [4.69, 9.17) is 0 Å². The second kappa shape index (κ2) is 22.5. The van der Waals surface area contributed by atoms with Gasteiger partial charge in [-0.3, -0.25) is 0 Å². The molecule has 2 heteroatoms. The van der Waals surface area contributed by atoms with Crippen LogP contribution in [-0.4, -0.2) is 7.11 Å². The fraction of sp³-hybridized carbons (Fsp3) is 0.556. The minimum Gasteiger partial charge on any atom is -0.588 e. The van der Waals surface area contributed by atoms with Gasteiger partial charge in [0.05, 0.1) is 7.11 Å². The Bertz CT molecular complexity index is 60.6. The van der Waals surface area contributed by atoms with E-state index in [1.807, 2.05) is 0 Å². The normalized spacial score (nSPS) is 7.91. The molecule has 11 heavy (non-hydrogen) atoms. The first-order valence-corrected chi connectivity index (χ1v) is 3.59. The Labute approximate surface area is 82.0 Å². The van der Waals surface area contributed by atoms with Crippen molar-refractivity contribution >= 4 is 0 Å². The van der Waals surface area contributed by atoms with Crippen LogP contribution in [0.3, 0.4) is 0 Å². The molecule has 0 aromatic rings. The number of unbranched alkanes of at least 4 members (excludes halogenated alkanes) is 2. The predicted molar refractivity (Wildman–Crippen MR) is 46.4 cm³/mol. The van der Waals surface area contributed by atoms with Gasteiger partial charge < -0.3 is 11.7 Å². The average Bonchev–Trinajstić information content (AvgIpc) is 1.93. The van der Waals surface area contributed by atoms with E-state index in [0.717, 1.165) is 6.42 Å². The molecule has 0 aliphatic heterocycles. The van der Waals surface area contributed by atoms with E-state index in [1.54, 1.807) is 13.2 Å². The topological polar surface area (TPSA) is 9.23 Å². The number of rotatable bonds is 3. The van der Waals surface area contributed by atoms with Crippen molar-refractivity contribution in [3.05, 3.63) is 26.2 Å². The Morgan fingerprint density at radius 2 is 2.00 bits per heavy atom. The number of methoxy groups -OCH3 is 1. The second-order valence-electron chi connectivity index (χ2n) is 1.81. The van der Waals surface area contributed by atoms with Crippen molar-refractivity contribution < 1.29 is 22.1 Å². The van der Waals surface area contributed by atoms with Gasteiger partial charge in [0.15, 0.2) is 0 Å². The predicted octanol–water partition coefficient (Wildman–Crippen LogP) is 2.99. The van der Waals surface area contributed by atoms with Crippen molar-refractivity contribution in [1.29, 1.82) is 0 Å². The number of ether oxygens (including phenoxy) is 1. The fourth-order valence-corrected chi connectivity index (χ4v) is 0.346. The molecular formula is C9H18CrO. The number of allylic oxidation sites excluding steroid dienone is 1. The van der Waals surface area contributed by atoms with Gasteiger partial charge in [0, 0.05) is 0 Å². The Hall–Kier alpha value is -0.0575. The third-order valence-corrected chi connectivity index (χ3v) is 0.836. The molecule has 66 valence electrons. The first kappa shape index (κ1) is 17.1. The van der Waals surface area contributed by atoms with E-state index in [0.29, 0.717) is 0 Å². The third-order valence-electron chi connectivity index (χ3n) is 0.836. The summed E-state index contributed by atoms with van der Waals surface area (Å²) in [5, 5.41) is 0. The van der Waals surface area contributed by atoms with Crippen LogP contribution in [-0.2, 0) is 22.1 Å². The van der Waals surface area contributed by atoms with E-state index in [1.165, 1.54) is 19.1 Å². The van der Waals surface area contributed by atoms with Gasteiger partial charge >= 0.3 is 17.4 Å². The minimum absolute atomic E-state index is 0. The molecule has 0 amide bonds. The van der Waals surface area contributed by atoms with Crippen LogP contribution in [0.2, 0.25) is 0 Å². The van der Waals surface area contributed by atoms with Gasteiger partial charge in [0.25, 0.3) is 0 Å². The molecule has 0 bridgehead atoms. The summed E-state index contributed by atoms with van der Waals surface area (Å²) < 4.78 is 4.45. The smallest absolute Gasteiger partial charge is 0.588 e. The molecule has 0 unspecified atom stereocenters. The zero-order chi connectivity index (χ0) is 8.24. The molecule has 0 heterocycles. The molecule has 0 fully saturated rings. The van der Waals surface area contributed by atoms with Gasteiger partial charge in [-0.25, -0.2) is 6.92 Å². The van der Waals surface area contributed by atoms with Crippen LogP contribution in [0, 0.1) is 13.8 Å². The first-order chi connectivity index (χ1) is 4.83. The second-order valence-corrected chi connectivity index (χ2v) is 1.81. The maximum absolute atomic E-state index is 4.45.